The Kier molecular flexibility index (Phi) is 11.9. The molecule has 1 aliphatic rings. The van der Waals surface area contributed by atoms with Crippen molar-refractivity contribution in [3.05, 3.63) is 42.0 Å². The second-order valence-corrected chi connectivity index (χ2v) is 7.33. The number of hydrogen-bond acceptors (Lipinski definition) is 6. The Hall–Kier alpha value is -2.91. The molecule has 2 amide bonds. The van der Waals surface area contributed by atoms with Crippen LogP contribution in [0.25, 0.3) is 0 Å². The number of carbonyl (C=O) groups is 3. The second kappa shape index (κ2) is 15.0. The molecule has 0 radical (unpaired) electrons. The van der Waals surface area contributed by atoms with E-state index in [0.717, 1.165) is 32.1 Å². The summed E-state index contributed by atoms with van der Waals surface area (Å²) < 4.78 is 15.9. The van der Waals surface area contributed by atoms with Crippen molar-refractivity contribution in [2.24, 2.45) is 0 Å². The van der Waals surface area contributed by atoms with Gasteiger partial charge in [0.15, 0.2) is 0 Å². The number of benzene rings is 1. The zero-order valence-electron chi connectivity index (χ0n) is 18.2. The molecule has 0 aromatic heterocycles. The van der Waals surface area contributed by atoms with Crippen LogP contribution in [0.5, 0.6) is 0 Å². The molecule has 0 bridgehead atoms. The highest BCUT2D eigenvalue weighted by molar-refractivity contribution is 5.95. The van der Waals surface area contributed by atoms with Crippen LogP contribution in [0, 0.1) is 0 Å². The van der Waals surface area contributed by atoms with Crippen molar-refractivity contribution in [2.45, 2.75) is 44.6 Å². The molecule has 2 rings (SSSR count). The number of allylic oxidation sites excluding steroid dienone is 2. The molecular formula is C23H32N2O7. The van der Waals surface area contributed by atoms with Crippen LogP contribution in [0.3, 0.4) is 0 Å². The van der Waals surface area contributed by atoms with Gasteiger partial charge in [0, 0.05) is 17.8 Å². The summed E-state index contributed by atoms with van der Waals surface area (Å²) in [5.74, 6) is -1.15. The first kappa shape index (κ1) is 25.4. The van der Waals surface area contributed by atoms with Crippen LogP contribution < -0.4 is 10.6 Å². The Bertz CT molecular complexity index is 749. The van der Waals surface area contributed by atoms with Gasteiger partial charge in [-0.15, -0.1) is 0 Å². The molecule has 0 aliphatic heterocycles. The highest BCUT2D eigenvalue weighted by Crippen LogP contribution is 2.17. The minimum atomic E-state index is -0.902. The molecule has 0 saturated carbocycles. The molecule has 0 heterocycles. The van der Waals surface area contributed by atoms with Crippen LogP contribution in [-0.2, 0) is 19.0 Å². The van der Waals surface area contributed by atoms with Gasteiger partial charge in [-0.25, -0.2) is 4.79 Å². The maximum absolute atomic E-state index is 12.2. The number of amides is 2. The van der Waals surface area contributed by atoms with Gasteiger partial charge in [0.1, 0.15) is 6.10 Å². The van der Waals surface area contributed by atoms with Gasteiger partial charge in [-0.1, -0.05) is 12.2 Å². The van der Waals surface area contributed by atoms with Gasteiger partial charge < -0.3 is 24.6 Å². The first-order valence-electron chi connectivity index (χ1n) is 10.9. The van der Waals surface area contributed by atoms with Crippen LogP contribution in [0.4, 0.5) is 10.5 Å². The van der Waals surface area contributed by atoms with Gasteiger partial charge in [-0.2, -0.15) is 0 Å². The van der Waals surface area contributed by atoms with Gasteiger partial charge in [-0.05, 0) is 56.4 Å². The first-order valence-corrected chi connectivity index (χ1v) is 10.9. The van der Waals surface area contributed by atoms with Crippen LogP contribution in [0.15, 0.2) is 36.4 Å². The van der Waals surface area contributed by atoms with E-state index in [1.807, 2.05) is 0 Å². The Morgan fingerprint density at radius 3 is 2.41 bits per heavy atom. The highest BCUT2D eigenvalue weighted by Gasteiger charge is 2.15. The summed E-state index contributed by atoms with van der Waals surface area (Å²) in [5, 5.41) is 13.9. The average molecular weight is 449 g/mol. The summed E-state index contributed by atoms with van der Waals surface area (Å²) in [4.78, 5) is 34.6. The van der Waals surface area contributed by atoms with Crippen molar-refractivity contribution in [1.82, 2.24) is 5.32 Å². The Morgan fingerprint density at radius 2 is 1.66 bits per heavy atom. The zero-order chi connectivity index (χ0) is 23.0. The smallest absolute Gasteiger partial charge is 0.411 e. The van der Waals surface area contributed by atoms with Crippen LogP contribution >= 0.6 is 0 Å². The zero-order valence-corrected chi connectivity index (χ0v) is 18.2. The van der Waals surface area contributed by atoms with Crippen molar-refractivity contribution in [3.63, 3.8) is 0 Å². The van der Waals surface area contributed by atoms with E-state index in [1.54, 1.807) is 24.3 Å². The Labute approximate surface area is 188 Å². The number of carboxylic acids is 1. The summed E-state index contributed by atoms with van der Waals surface area (Å²) >= 11 is 0. The molecule has 0 spiro atoms. The van der Waals surface area contributed by atoms with E-state index in [4.69, 9.17) is 19.3 Å². The fraction of sp³-hybridized carbons (Fsp3) is 0.522. The number of ether oxygens (including phenoxy) is 3. The van der Waals surface area contributed by atoms with Crippen molar-refractivity contribution >= 4 is 23.7 Å². The third-order valence-corrected chi connectivity index (χ3v) is 4.75. The highest BCUT2D eigenvalue weighted by atomic mass is 16.6. The minimum absolute atomic E-state index is 0.0378. The van der Waals surface area contributed by atoms with E-state index >= 15 is 0 Å². The van der Waals surface area contributed by atoms with Gasteiger partial charge in [0.25, 0.3) is 5.91 Å². The van der Waals surface area contributed by atoms with E-state index < -0.39 is 12.1 Å². The fourth-order valence-electron chi connectivity index (χ4n) is 3.07. The number of carbonyl (C=O) groups excluding carboxylic acids is 2. The standard InChI is InChI=1S/C23H32N2O7/c26-21(27)12-14-30-16-17-31-15-13-24-22(28)18-8-10-19(11-9-18)25-23(29)32-20-6-4-2-1-3-5-7-20/h1-2,8-11,20H,3-7,12-17H2,(H,24,28)(H,25,29)(H,26,27)/b2-1-. The lowest BCUT2D eigenvalue weighted by Crippen LogP contribution is -2.27. The van der Waals surface area contributed by atoms with E-state index in [2.05, 4.69) is 22.8 Å². The lowest BCUT2D eigenvalue weighted by atomic mass is 10.0. The Morgan fingerprint density at radius 1 is 0.938 bits per heavy atom. The van der Waals surface area contributed by atoms with Crippen molar-refractivity contribution in [2.75, 3.05) is 38.3 Å². The molecule has 32 heavy (non-hydrogen) atoms. The van der Waals surface area contributed by atoms with Crippen molar-refractivity contribution in [3.8, 4) is 0 Å². The molecule has 1 unspecified atom stereocenters. The lowest BCUT2D eigenvalue weighted by Gasteiger charge is -2.18. The fourth-order valence-corrected chi connectivity index (χ4v) is 3.07. The number of rotatable bonds is 12. The molecular weight excluding hydrogens is 416 g/mol. The van der Waals surface area contributed by atoms with Gasteiger partial charge >= 0.3 is 12.1 Å². The number of anilines is 1. The summed E-state index contributed by atoms with van der Waals surface area (Å²) in [7, 11) is 0. The number of hydrogen-bond donors (Lipinski definition) is 3. The molecule has 1 aromatic carbocycles. The molecule has 1 atom stereocenters. The summed E-state index contributed by atoms with van der Waals surface area (Å²) in [6, 6.07) is 6.56. The SMILES string of the molecule is O=C(O)CCOCCOCCNC(=O)c1ccc(NC(=O)OC2CC/C=C\CCC2)cc1. The maximum Gasteiger partial charge on any atom is 0.411 e. The lowest BCUT2D eigenvalue weighted by molar-refractivity contribution is -0.138. The molecule has 0 saturated heterocycles. The molecule has 0 fully saturated rings. The Balaban J connectivity index is 1.60. The third kappa shape index (κ3) is 10.9. The quantitative estimate of drug-likeness (QED) is 0.331. The topological polar surface area (TPSA) is 123 Å². The number of carboxylic acid groups (broad SMARTS) is 1. The van der Waals surface area contributed by atoms with E-state index in [9.17, 15) is 14.4 Å². The molecule has 9 heteroatoms. The average Bonchev–Trinajstić information content (AvgIpc) is 2.74. The van der Waals surface area contributed by atoms with E-state index in [1.165, 1.54) is 0 Å². The normalized spacial score (nSPS) is 16.9. The maximum atomic E-state index is 12.2. The van der Waals surface area contributed by atoms with E-state index in [-0.39, 0.29) is 25.0 Å². The number of nitrogens with one attached hydrogen (secondary N) is 2. The molecule has 3 N–H and O–H groups in total. The largest absolute Gasteiger partial charge is 0.481 e. The molecule has 9 nitrogen and oxygen atoms in total. The van der Waals surface area contributed by atoms with Gasteiger partial charge in [0.05, 0.1) is 32.8 Å². The van der Waals surface area contributed by atoms with Gasteiger partial charge in [0.2, 0.25) is 0 Å². The van der Waals surface area contributed by atoms with Gasteiger partial charge in [-0.3, -0.25) is 14.9 Å². The molecule has 1 aromatic rings. The second-order valence-electron chi connectivity index (χ2n) is 7.33. The summed E-state index contributed by atoms with van der Waals surface area (Å²) in [5.41, 5.74) is 1.02. The molecule has 1 aliphatic carbocycles. The van der Waals surface area contributed by atoms with Crippen LogP contribution in [-0.4, -0.2) is 62.2 Å². The predicted octanol–water partition coefficient (Wildman–Crippen LogP) is 3.36. The number of aliphatic carboxylic acids is 1. The van der Waals surface area contributed by atoms with Crippen LogP contribution in [0.1, 0.15) is 48.9 Å². The monoisotopic (exact) mass is 448 g/mol. The first-order chi connectivity index (χ1) is 15.5. The van der Waals surface area contributed by atoms with Crippen molar-refractivity contribution < 1.29 is 33.7 Å². The minimum Gasteiger partial charge on any atom is -0.481 e. The van der Waals surface area contributed by atoms with E-state index in [0.29, 0.717) is 37.6 Å². The van der Waals surface area contributed by atoms with Crippen LogP contribution in [0.2, 0.25) is 0 Å². The third-order valence-electron chi connectivity index (χ3n) is 4.75. The van der Waals surface area contributed by atoms with Crippen molar-refractivity contribution in [1.29, 1.82) is 0 Å². The summed E-state index contributed by atoms with van der Waals surface area (Å²) in [6.45, 7) is 1.42. The molecule has 176 valence electrons. The summed E-state index contributed by atoms with van der Waals surface area (Å²) in [6.07, 6.45) is 8.31. The predicted molar refractivity (Wildman–Crippen MR) is 119 cm³/mol.